The third kappa shape index (κ3) is 2.48. The number of rotatable bonds is 1. The van der Waals surface area contributed by atoms with Gasteiger partial charge in [0, 0.05) is 20.4 Å². The first-order valence-corrected chi connectivity index (χ1v) is 10.4. The van der Waals surface area contributed by atoms with Crippen LogP contribution < -0.4 is 10.2 Å². The molecular weight excluding hydrogens is 442 g/mol. The molecule has 0 bridgehead atoms. The summed E-state index contributed by atoms with van der Waals surface area (Å²) in [6.07, 6.45) is 1.36. The molecule has 1 fully saturated rings. The molecule has 5 nitrogen and oxygen atoms in total. The van der Waals surface area contributed by atoms with Crippen molar-refractivity contribution in [2.45, 2.75) is 18.3 Å². The van der Waals surface area contributed by atoms with Crippen LogP contribution in [0.3, 0.4) is 0 Å². The van der Waals surface area contributed by atoms with Gasteiger partial charge in [0.05, 0.1) is 11.1 Å². The van der Waals surface area contributed by atoms with E-state index in [9.17, 15) is 9.59 Å². The lowest BCUT2D eigenvalue weighted by Crippen LogP contribution is -2.48. The van der Waals surface area contributed by atoms with Crippen LogP contribution in [0.4, 0.5) is 5.69 Å². The van der Waals surface area contributed by atoms with Gasteiger partial charge in [0.15, 0.2) is 0 Å². The molecule has 1 spiro atoms. The molecule has 0 radical (unpaired) electrons. The maximum atomic E-state index is 13.6. The number of carbonyl (C=O) groups is 2. The highest BCUT2D eigenvalue weighted by atomic mass is 79.9. The highest BCUT2D eigenvalue weighted by Gasteiger charge is 2.53. The molecular formula is C21H17BrClN3O2. The van der Waals surface area contributed by atoms with Crippen molar-refractivity contribution in [1.29, 1.82) is 0 Å². The Morgan fingerprint density at radius 3 is 2.68 bits per heavy atom. The van der Waals surface area contributed by atoms with Gasteiger partial charge >= 0.3 is 0 Å². The van der Waals surface area contributed by atoms with E-state index < -0.39 is 5.41 Å². The number of anilines is 1. The lowest BCUT2D eigenvalue weighted by atomic mass is 9.74. The molecule has 0 saturated carbocycles. The van der Waals surface area contributed by atoms with Gasteiger partial charge in [-0.1, -0.05) is 33.6 Å². The molecule has 2 aliphatic heterocycles. The summed E-state index contributed by atoms with van der Waals surface area (Å²) in [5, 5.41) is 4.65. The van der Waals surface area contributed by atoms with Crippen molar-refractivity contribution in [3.63, 3.8) is 0 Å². The van der Waals surface area contributed by atoms with Crippen molar-refractivity contribution >= 4 is 55.9 Å². The summed E-state index contributed by atoms with van der Waals surface area (Å²) in [6.45, 7) is 1.50. The third-order valence-electron chi connectivity index (χ3n) is 5.83. The Kier molecular flexibility index (Phi) is 4.12. The van der Waals surface area contributed by atoms with Gasteiger partial charge in [-0.3, -0.25) is 9.59 Å². The Morgan fingerprint density at radius 1 is 1.14 bits per heavy atom. The number of hydrogen-bond donors (Lipinski definition) is 2. The van der Waals surface area contributed by atoms with Crippen LogP contribution in [0.25, 0.3) is 10.9 Å². The van der Waals surface area contributed by atoms with E-state index in [2.05, 4.69) is 26.2 Å². The molecule has 0 unspecified atom stereocenters. The zero-order chi connectivity index (χ0) is 19.5. The molecule has 1 aromatic heterocycles. The number of nitrogens with zero attached hydrogens (tertiary/aromatic N) is 1. The van der Waals surface area contributed by atoms with Gasteiger partial charge in [0.25, 0.3) is 5.91 Å². The Bertz CT molecular complexity index is 1130. The van der Waals surface area contributed by atoms with Crippen molar-refractivity contribution in [3.8, 4) is 0 Å². The second-order valence-corrected chi connectivity index (χ2v) is 8.65. The first kappa shape index (κ1) is 17.9. The fourth-order valence-electron chi connectivity index (χ4n) is 4.42. The summed E-state index contributed by atoms with van der Waals surface area (Å²) in [6, 6.07) is 12.9. The highest BCUT2D eigenvalue weighted by molar-refractivity contribution is 9.10. The van der Waals surface area contributed by atoms with Crippen molar-refractivity contribution in [2.75, 3.05) is 18.0 Å². The zero-order valence-electron chi connectivity index (χ0n) is 14.9. The number of hydrogen-bond acceptors (Lipinski definition) is 3. The molecule has 0 aliphatic carbocycles. The number of amides is 2. The minimum Gasteiger partial charge on any atom is -0.350 e. The van der Waals surface area contributed by atoms with Gasteiger partial charge in [-0.05, 0) is 67.9 Å². The van der Waals surface area contributed by atoms with E-state index in [-0.39, 0.29) is 11.8 Å². The summed E-state index contributed by atoms with van der Waals surface area (Å²) in [5.41, 5.74) is 2.08. The van der Waals surface area contributed by atoms with Crippen LogP contribution in [-0.2, 0) is 10.2 Å². The van der Waals surface area contributed by atoms with E-state index in [0.717, 1.165) is 34.0 Å². The molecule has 5 rings (SSSR count). The number of H-pyrrole nitrogens is 1. The van der Waals surface area contributed by atoms with Gasteiger partial charge < -0.3 is 10.3 Å². The molecule has 3 heterocycles. The topological polar surface area (TPSA) is 65.2 Å². The standard InChI is InChI=1S/C21H17BrClN3O2/c22-12-4-5-18-14(10-12)21(6-8-24-9-7-21)20(28)26(18)19(27)17-11-13-15(23)2-1-3-16(13)25-17/h1-5,10-11,24-25H,6-9H2. The van der Waals surface area contributed by atoms with E-state index in [4.69, 9.17) is 11.6 Å². The maximum absolute atomic E-state index is 13.6. The van der Waals surface area contributed by atoms with Crippen molar-refractivity contribution in [3.05, 3.63) is 63.2 Å². The molecule has 3 aromatic rings. The highest BCUT2D eigenvalue weighted by Crippen LogP contribution is 2.48. The smallest absolute Gasteiger partial charge is 0.281 e. The van der Waals surface area contributed by atoms with E-state index in [0.29, 0.717) is 29.2 Å². The van der Waals surface area contributed by atoms with Crippen molar-refractivity contribution < 1.29 is 9.59 Å². The Morgan fingerprint density at radius 2 is 1.93 bits per heavy atom. The Hall–Kier alpha value is -2.15. The molecule has 2 aliphatic rings. The number of aromatic nitrogens is 1. The zero-order valence-corrected chi connectivity index (χ0v) is 17.2. The van der Waals surface area contributed by atoms with E-state index in [1.165, 1.54) is 4.90 Å². The van der Waals surface area contributed by atoms with Crippen LogP contribution in [-0.4, -0.2) is 29.9 Å². The molecule has 28 heavy (non-hydrogen) atoms. The molecule has 2 amide bonds. The van der Waals surface area contributed by atoms with E-state index in [1.807, 2.05) is 30.3 Å². The SMILES string of the molecule is O=C(c1cc2c(Cl)cccc2[nH]1)N1C(=O)C2(CCNCC2)c2cc(Br)ccc21. The average Bonchev–Trinajstić information content (AvgIpc) is 3.23. The Balaban J connectivity index is 1.64. The summed E-state index contributed by atoms with van der Waals surface area (Å²) in [7, 11) is 0. The number of imide groups is 1. The van der Waals surface area contributed by atoms with Crippen molar-refractivity contribution in [1.82, 2.24) is 10.3 Å². The number of nitrogens with one attached hydrogen (secondary N) is 2. The monoisotopic (exact) mass is 457 g/mol. The lowest BCUT2D eigenvalue weighted by Gasteiger charge is -2.32. The number of aromatic amines is 1. The van der Waals surface area contributed by atoms with Gasteiger partial charge in [0.1, 0.15) is 5.69 Å². The second kappa shape index (κ2) is 6.44. The fourth-order valence-corrected chi connectivity index (χ4v) is 5.01. The number of halogens is 2. The summed E-state index contributed by atoms with van der Waals surface area (Å²) >= 11 is 9.77. The molecule has 1 saturated heterocycles. The van der Waals surface area contributed by atoms with Crippen molar-refractivity contribution in [2.24, 2.45) is 0 Å². The van der Waals surface area contributed by atoms with E-state index >= 15 is 0 Å². The summed E-state index contributed by atoms with van der Waals surface area (Å²) in [4.78, 5) is 31.4. The first-order chi connectivity index (χ1) is 13.5. The molecule has 0 atom stereocenters. The average molecular weight is 459 g/mol. The summed E-state index contributed by atoms with van der Waals surface area (Å²) in [5.74, 6) is -0.493. The maximum Gasteiger partial charge on any atom is 0.281 e. The predicted octanol–water partition coefficient (Wildman–Crippen LogP) is 4.39. The normalized spacial score (nSPS) is 18.1. The van der Waals surface area contributed by atoms with Crippen LogP contribution in [0.1, 0.15) is 28.9 Å². The first-order valence-electron chi connectivity index (χ1n) is 9.18. The van der Waals surface area contributed by atoms with Gasteiger partial charge in [-0.15, -0.1) is 0 Å². The minimum atomic E-state index is -0.649. The van der Waals surface area contributed by atoms with E-state index in [1.54, 1.807) is 12.1 Å². The molecule has 2 aromatic carbocycles. The number of benzene rings is 2. The van der Waals surface area contributed by atoms with Gasteiger partial charge in [-0.25, -0.2) is 4.90 Å². The number of carbonyl (C=O) groups excluding carboxylic acids is 2. The number of fused-ring (bicyclic) bond motifs is 3. The third-order valence-corrected chi connectivity index (χ3v) is 6.65. The second-order valence-electron chi connectivity index (χ2n) is 7.32. The van der Waals surface area contributed by atoms with Crippen LogP contribution >= 0.6 is 27.5 Å². The largest absolute Gasteiger partial charge is 0.350 e. The Labute approximate surface area is 175 Å². The quantitative estimate of drug-likeness (QED) is 0.532. The van der Waals surface area contributed by atoms with Crippen LogP contribution in [0.5, 0.6) is 0 Å². The van der Waals surface area contributed by atoms with Gasteiger partial charge in [0.2, 0.25) is 5.91 Å². The number of piperidine rings is 1. The van der Waals surface area contributed by atoms with Gasteiger partial charge in [-0.2, -0.15) is 0 Å². The molecule has 2 N–H and O–H groups in total. The van der Waals surface area contributed by atoms with Crippen LogP contribution in [0, 0.1) is 0 Å². The predicted molar refractivity (Wildman–Crippen MR) is 113 cm³/mol. The minimum absolute atomic E-state index is 0.142. The fraction of sp³-hybridized carbons (Fsp3) is 0.238. The summed E-state index contributed by atoms with van der Waals surface area (Å²) < 4.78 is 0.906. The molecule has 142 valence electrons. The van der Waals surface area contributed by atoms with Crippen LogP contribution in [0.15, 0.2) is 46.9 Å². The van der Waals surface area contributed by atoms with Crippen LogP contribution in [0.2, 0.25) is 5.02 Å². The lowest BCUT2D eigenvalue weighted by molar-refractivity contribution is -0.123. The molecule has 7 heteroatoms.